The molecule has 4 aliphatic rings. The third-order valence-electron chi connectivity index (χ3n) is 11.4. The largest absolute Gasteiger partial charge is 0.404 e. The summed E-state index contributed by atoms with van der Waals surface area (Å²) in [6.07, 6.45) is 8.46. The zero-order chi connectivity index (χ0) is 27.6. The maximum atomic E-state index is 13.8. The number of benzene rings is 2. The molecule has 0 aliphatic heterocycles. The summed E-state index contributed by atoms with van der Waals surface area (Å²) in [4.78, 5) is 26.6. The van der Waals surface area contributed by atoms with Crippen LogP contribution in [-0.4, -0.2) is 26.0 Å². The Bertz CT molecular complexity index is 1250. The number of allylic oxidation sites excluding steroid dienone is 1. The van der Waals surface area contributed by atoms with Gasteiger partial charge in [0.25, 0.3) is 8.32 Å². The van der Waals surface area contributed by atoms with E-state index in [9.17, 15) is 9.59 Å². The van der Waals surface area contributed by atoms with Gasteiger partial charge >= 0.3 is 0 Å². The summed E-state index contributed by atoms with van der Waals surface area (Å²) in [6.45, 7) is 11.6. The number of hydrogen-bond donors (Lipinski definition) is 0. The molecule has 39 heavy (non-hydrogen) atoms. The van der Waals surface area contributed by atoms with E-state index in [0.717, 1.165) is 38.5 Å². The van der Waals surface area contributed by atoms with Crippen LogP contribution in [0, 0.1) is 28.6 Å². The minimum Gasteiger partial charge on any atom is -0.404 e. The van der Waals surface area contributed by atoms with E-state index in [1.165, 1.54) is 15.9 Å². The lowest BCUT2D eigenvalue weighted by atomic mass is 9.48. The van der Waals surface area contributed by atoms with Crippen molar-refractivity contribution < 1.29 is 14.0 Å². The molecular weight excluding hydrogens is 496 g/mol. The average molecular weight is 541 g/mol. The molecule has 0 spiro atoms. The number of fused-ring (bicyclic) bond motifs is 5. The van der Waals surface area contributed by atoms with Crippen molar-refractivity contribution in [2.24, 2.45) is 28.6 Å². The van der Waals surface area contributed by atoms with Crippen molar-refractivity contribution in [3.05, 3.63) is 72.3 Å². The van der Waals surface area contributed by atoms with E-state index in [1.807, 2.05) is 6.08 Å². The topological polar surface area (TPSA) is 43.4 Å². The van der Waals surface area contributed by atoms with Crippen LogP contribution in [0.4, 0.5) is 0 Å². The van der Waals surface area contributed by atoms with E-state index in [0.29, 0.717) is 18.1 Å². The van der Waals surface area contributed by atoms with Gasteiger partial charge in [0.05, 0.1) is 0 Å². The molecule has 0 amide bonds. The van der Waals surface area contributed by atoms with Crippen molar-refractivity contribution in [2.45, 2.75) is 90.7 Å². The number of carbonyl (C=O) groups excluding carboxylic acids is 2. The summed E-state index contributed by atoms with van der Waals surface area (Å²) in [5.41, 5.74) is 1.04. The van der Waals surface area contributed by atoms with E-state index in [-0.39, 0.29) is 39.6 Å². The van der Waals surface area contributed by atoms with Gasteiger partial charge in [0.2, 0.25) is 0 Å². The third kappa shape index (κ3) is 4.00. The van der Waals surface area contributed by atoms with Crippen LogP contribution in [0.1, 0.15) is 79.6 Å². The Morgan fingerprint density at radius 2 is 1.36 bits per heavy atom. The molecule has 0 unspecified atom stereocenters. The first-order chi connectivity index (χ1) is 18.5. The summed E-state index contributed by atoms with van der Waals surface area (Å²) in [5.74, 6) is 1.25. The molecule has 6 atom stereocenters. The van der Waals surface area contributed by atoms with E-state index < -0.39 is 8.32 Å². The number of Topliss-reactive ketones (excluding diaryl/α,β-unsaturated/α-hetero) is 1. The predicted octanol–water partition coefficient (Wildman–Crippen LogP) is 6.64. The van der Waals surface area contributed by atoms with Gasteiger partial charge in [-0.05, 0) is 77.3 Å². The molecule has 0 heterocycles. The Hall–Kier alpha value is -2.30. The molecule has 0 saturated heterocycles. The molecule has 0 bridgehead atoms. The zero-order valence-electron chi connectivity index (χ0n) is 24.3. The second-order valence-electron chi connectivity index (χ2n) is 14.3. The molecule has 3 nitrogen and oxygen atoms in total. The van der Waals surface area contributed by atoms with E-state index in [4.69, 9.17) is 4.43 Å². The Labute approximate surface area is 235 Å². The van der Waals surface area contributed by atoms with E-state index in [2.05, 4.69) is 95.3 Å². The molecule has 3 fully saturated rings. The standard InChI is InChI=1S/C35H44O3Si/c1-33(2,3)39(26-12-8-6-9-13-26,27-14-10-7-11-15-27)38-25-18-20-34(4)24(22-25)23-30(36)32-28-16-17-31(37)35(28,5)21-19-29(32)34/h6-15,23,25,28-29,32H,16-22H2,1-5H3/t25-,28-,29-,32-,34-,35-/m0/s1. The van der Waals surface area contributed by atoms with Gasteiger partial charge in [-0.15, -0.1) is 0 Å². The molecule has 2 aromatic carbocycles. The van der Waals surface area contributed by atoms with Crippen molar-refractivity contribution in [2.75, 3.05) is 0 Å². The highest BCUT2D eigenvalue weighted by Crippen LogP contribution is 2.63. The summed E-state index contributed by atoms with van der Waals surface area (Å²) >= 11 is 0. The summed E-state index contributed by atoms with van der Waals surface area (Å²) in [6, 6.07) is 21.8. The minimum atomic E-state index is -2.65. The second-order valence-corrected chi connectivity index (χ2v) is 18.5. The Morgan fingerprint density at radius 3 is 1.95 bits per heavy atom. The molecule has 0 aromatic heterocycles. The van der Waals surface area contributed by atoms with E-state index in [1.54, 1.807) is 0 Å². The molecule has 2 aromatic rings. The fourth-order valence-electron chi connectivity index (χ4n) is 9.18. The van der Waals surface area contributed by atoms with Gasteiger partial charge in [-0.25, -0.2) is 0 Å². The van der Waals surface area contributed by atoms with Crippen molar-refractivity contribution in [3.8, 4) is 0 Å². The number of ketones is 2. The number of carbonyl (C=O) groups is 2. The highest BCUT2D eigenvalue weighted by atomic mass is 28.4. The van der Waals surface area contributed by atoms with Gasteiger partial charge in [0, 0.05) is 23.9 Å². The van der Waals surface area contributed by atoms with Gasteiger partial charge in [0.1, 0.15) is 5.78 Å². The van der Waals surface area contributed by atoms with Gasteiger partial charge in [-0.3, -0.25) is 9.59 Å². The maximum absolute atomic E-state index is 13.8. The Balaban J connectivity index is 1.35. The quantitative estimate of drug-likeness (QED) is 0.408. The molecule has 0 radical (unpaired) electrons. The highest BCUT2D eigenvalue weighted by Gasteiger charge is 2.61. The normalized spacial score (nSPS) is 34.6. The van der Waals surface area contributed by atoms with E-state index >= 15 is 0 Å². The fourth-order valence-corrected chi connectivity index (χ4v) is 13.9. The highest BCUT2D eigenvalue weighted by molar-refractivity contribution is 6.99. The summed E-state index contributed by atoms with van der Waals surface area (Å²) in [5, 5.41) is 2.55. The Morgan fingerprint density at radius 1 is 0.795 bits per heavy atom. The minimum absolute atomic E-state index is 0.0121. The maximum Gasteiger partial charge on any atom is 0.261 e. The first-order valence-electron chi connectivity index (χ1n) is 15.1. The molecule has 3 saturated carbocycles. The summed E-state index contributed by atoms with van der Waals surface area (Å²) < 4.78 is 7.52. The van der Waals surface area contributed by atoms with Crippen LogP contribution in [0.2, 0.25) is 5.04 Å². The van der Waals surface area contributed by atoms with Crippen LogP contribution in [-0.2, 0) is 14.0 Å². The first kappa shape index (κ1) is 26.9. The monoisotopic (exact) mass is 540 g/mol. The molecule has 206 valence electrons. The van der Waals surface area contributed by atoms with Crippen LogP contribution in [0.15, 0.2) is 72.3 Å². The van der Waals surface area contributed by atoms with Crippen molar-refractivity contribution in [3.63, 3.8) is 0 Å². The first-order valence-corrected chi connectivity index (χ1v) is 17.0. The SMILES string of the molecule is CC(C)(C)[Si](O[C@H]1CC[C@@]2(C)C(=CC(=O)[C@@H]3[C@@H]2CC[C@]2(C)C(=O)CC[C@@H]32)C1)(c1ccccc1)c1ccccc1. The van der Waals surface area contributed by atoms with Gasteiger partial charge in [-0.2, -0.15) is 0 Å². The molecule has 4 aliphatic carbocycles. The van der Waals surface area contributed by atoms with Gasteiger partial charge in [-0.1, -0.05) is 101 Å². The third-order valence-corrected chi connectivity index (χ3v) is 16.5. The zero-order valence-corrected chi connectivity index (χ0v) is 25.3. The molecule has 6 rings (SSSR count). The van der Waals surface area contributed by atoms with Crippen LogP contribution >= 0.6 is 0 Å². The lowest BCUT2D eigenvalue weighted by Crippen LogP contribution is -2.68. The number of hydrogen-bond acceptors (Lipinski definition) is 3. The van der Waals surface area contributed by atoms with Crippen molar-refractivity contribution >= 4 is 30.3 Å². The Kier molecular flexibility index (Phi) is 6.47. The lowest BCUT2D eigenvalue weighted by molar-refractivity contribution is -0.139. The predicted molar refractivity (Wildman–Crippen MR) is 160 cm³/mol. The molecular formula is C35H44O3Si. The number of rotatable bonds is 4. The van der Waals surface area contributed by atoms with Crippen LogP contribution in [0.3, 0.4) is 0 Å². The van der Waals surface area contributed by atoms with Gasteiger partial charge in [0.15, 0.2) is 5.78 Å². The second kappa shape index (κ2) is 9.38. The molecule has 0 N–H and O–H groups in total. The van der Waals surface area contributed by atoms with Crippen LogP contribution in [0.5, 0.6) is 0 Å². The summed E-state index contributed by atoms with van der Waals surface area (Å²) in [7, 11) is -2.65. The van der Waals surface area contributed by atoms with Crippen molar-refractivity contribution in [1.29, 1.82) is 0 Å². The van der Waals surface area contributed by atoms with Crippen LogP contribution in [0.25, 0.3) is 0 Å². The fraction of sp³-hybridized carbons (Fsp3) is 0.543. The smallest absolute Gasteiger partial charge is 0.261 e. The lowest BCUT2D eigenvalue weighted by Gasteiger charge is -2.56. The van der Waals surface area contributed by atoms with Gasteiger partial charge < -0.3 is 4.43 Å². The average Bonchev–Trinajstić information content (AvgIpc) is 3.22. The van der Waals surface area contributed by atoms with Crippen molar-refractivity contribution in [1.82, 2.24) is 0 Å². The van der Waals surface area contributed by atoms with Crippen LogP contribution < -0.4 is 10.4 Å². The molecule has 4 heteroatoms.